The molecule has 0 radical (unpaired) electrons. The molecule has 0 saturated heterocycles. The first-order valence-corrected chi connectivity index (χ1v) is 9.94. The average molecular weight is 368 g/mol. The number of hydrogen-bond acceptors (Lipinski definition) is 4. The summed E-state index contributed by atoms with van der Waals surface area (Å²) < 4.78 is 28.5. The molecule has 0 bridgehead atoms. The highest BCUT2D eigenvalue weighted by molar-refractivity contribution is 7.90. The number of halogens is 1. The van der Waals surface area contributed by atoms with Gasteiger partial charge in [0, 0.05) is 29.9 Å². The molecule has 0 saturated carbocycles. The van der Waals surface area contributed by atoms with Crippen LogP contribution in [0.2, 0.25) is 5.02 Å². The molecule has 2 rings (SSSR count). The first-order valence-electron chi connectivity index (χ1n) is 7.67. The van der Waals surface area contributed by atoms with Crippen LogP contribution in [-0.2, 0) is 22.9 Å². The maximum Gasteiger partial charge on any atom is 0.175 e. The van der Waals surface area contributed by atoms with Crippen LogP contribution >= 0.6 is 11.6 Å². The summed E-state index contributed by atoms with van der Waals surface area (Å²) in [6.45, 7) is 4.36. The zero-order valence-electron chi connectivity index (χ0n) is 14.1. The highest BCUT2D eigenvalue weighted by Crippen LogP contribution is 2.24. The van der Waals surface area contributed by atoms with E-state index in [9.17, 15) is 8.42 Å². The van der Waals surface area contributed by atoms with Gasteiger partial charge < -0.3 is 4.74 Å². The first kappa shape index (κ1) is 18.8. The van der Waals surface area contributed by atoms with Gasteiger partial charge in [0.1, 0.15) is 5.75 Å². The minimum absolute atomic E-state index is 0.339. The largest absolute Gasteiger partial charge is 0.496 e. The van der Waals surface area contributed by atoms with Crippen molar-refractivity contribution in [2.45, 2.75) is 24.9 Å². The Kier molecular flexibility index (Phi) is 6.27. The van der Waals surface area contributed by atoms with E-state index >= 15 is 0 Å². The van der Waals surface area contributed by atoms with E-state index in [1.54, 1.807) is 19.2 Å². The summed E-state index contributed by atoms with van der Waals surface area (Å²) in [6.07, 6.45) is 1.21. The van der Waals surface area contributed by atoms with Crippen molar-refractivity contribution in [1.29, 1.82) is 0 Å². The van der Waals surface area contributed by atoms with Crippen molar-refractivity contribution in [2.75, 3.05) is 19.9 Å². The summed E-state index contributed by atoms with van der Waals surface area (Å²) in [5, 5.41) is 0.680. The lowest BCUT2D eigenvalue weighted by molar-refractivity contribution is 0.266. The summed E-state index contributed by atoms with van der Waals surface area (Å²) >= 11 is 6.09. The first-order chi connectivity index (χ1) is 11.3. The Balaban J connectivity index is 2.14. The average Bonchev–Trinajstić information content (AvgIpc) is 2.54. The molecular formula is C18H22ClNO3S. The second-order valence-electron chi connectivity index (χ2n) is 5.68. The molecule has 6 heteroatoms. The van der Waals surface area contributed by atoms with Crippen LogP contribution in [0.25, 0.3) is 0 Å². The van der Waals surface area contributed by atoms with Gasteiger partial charge in [0.05, 0.1) is 12.0 Å². The Hall–Kier alpha value is -1.56. The van der Waals surface area contributed by atoms with E-state index in [-0.39, 0.29) is 0 Å². The fourth-order valence-corrected chi connectivity index (χ4v) is 3.32. The van der Waals surface area contributed by atoms with Crippen LogP contribution < -0.4 is 4.74 Å². The van der Waals surface area contributed by atoms with Gasteiger partial charge in [-0.15, -0.1) is 0 Å². The number of rotatable bonds is 7. The standard InChI is InChI=1S/C18H22ClNO3S/c1-4-20(13-15-11-16(19)7-10-18(15)23-2)12-14-5-8-17(9-6-14)24(3,21)22/h5-11H,4,12-13H2,1-3H3. The fraction of sp³-hybridized carbons (Fsp3) is 0.333. The number of benzene rings is 2. The normalized spacial score (nSPS) is 11.7. The van der Waals surface area contributed by atoms with E-state index in [1.165, 1.54) is 6.26 Å². The Morgan fingerprint density at radius 3 is 2.29 bits per heavy atom. The van der Waals surface area contributed by atoms with Gasteiger partial charge in [-0.3, -0.25) is 4.90 Å². The van der Waals surface area contributed by atoms with E-state index in [0.717, 1.165) is 30.0 Å². The van der Waals surface area contributed by atoms with Crippen molar-refractivity contribution in [2.24, 2.45) is 0 Å². The summed E-state index contributed by atoms with van der Waals surface area (Å²) in [7, 11) is -1.51. The monoisotopic (exact) mass is 367 g/mol. The lowest BCUT2D eigenvalue weighted by Gasteiger charge is -2.22. The van der Waals surface area contributed by atoms with E-state index in [0.29, 0.717) is 16.5 Å². The number of methoxy groups -OCH3 is 1. The molecule has 0 aliphatic rings. The minimum atomic E-state index is -3.16. The van der Waals surface area contributed by atoms with Gasteiger partial charge in [-0.05, 0) is 42.4 Å². The molecule has 0 spiro atoms. The Morgan fingerprint density at radius 1 is 1.08 bits per heavy atom. The molecular weight excluding hydrogens is 346 g/mol. The fourth-order valence-electron chi connectivity index (χ4n) is 2.49. The van der Waals surface area contributed by atoms with Crippen LogP contribution in [0.3, 0.4) is 0 Å². The van der Waals surface area contributed by atoms with Gasteiger partial charge in [-0.1, -0.05) is 30.7 Å². The molecule has 0 aliphatic carbocycles. The van der Waals surface area contributed by atoms with Crippen LogP contribution in [0.15, 0.2) is 47.4 Å². The molecule has 0 aliphatic heterocycles. The van der Waals surface area contributed by atoms with Gasteiger partial charge in [0.25, 0.3) is 0 Å². The lowest BCUT2D eigenvalue weighted by Crippen LogP contribution is -2.22. The van der Waals surface area contributed by atoms with E-state index in [4.69, 9.17) is 16.3 Å². The molecule has 0 atom stereocenters. The number of sulfone groups is 1. The van der Waals surface area contributed by atoms with Crippen molar-refractivity contribution in [1.82, 2.24) is 4.90 Å². The SMILES string of the molecule is CCN(Cc1ccc(S(C)(=O)=O)cc1)Cc1cc(Cl)ccc1OC. The maximum absolute atomic E-state index is 11.5. The summed E-state index contributed by atoms with van der Waals surface area (Å²) in [5.74, 6) is 0.810. The van der Waals surface area contributed by atoms with Crippen LogP contribution in [0, 0.1) is 0 Å². The molecule has 4 nitrogen and oxygen atoms in total. The topological polar surface area (TPSA) is 46.6 Å². The Bertz CT molecular complexity index is 788. The quantitative estimate of drug-likeness (QED) is 0.747. The van der Waals surface area contributed by atoms with E-state index in [1.807, 2.05) is 30.3 Å². The number of ether oxygens (including phenoxy) is 1. The Morgan fingerprint density at radius 2 is 1.75 bits per heavy atom. The molecule has 24 heavy (non-hydrogen) atoms. The molecule has 0 heterocycles. The third kappa shape index (κ3) is 4.97. The van der Waals surface area contributed by atoms with Gasteiger partial charge in [0.15, 0.2) is 9.84 Å². The van der Waals surface area contributed by atoms with E-state index < -0.39 is 9.84 Å². The number of nitrogens with zero attached hydrogens (tertiary/aromatic N) is 1. The van der Waals surface area contributed by atoms with Crippen molar-refractivity contribution in [3.63, 3.8) is 0 Å². The second kappa shape index (κ2) is 8.01. The van der Waals surface area contributed by atoms with E-state index in [2.05, 4.69) is 11.8 Å². The highest BCUT2D eigenvalue weighted by atomic mass is 35.5. The second-order valence-corrected chi connectivity index (χ2v) is 8.13. The zero-order chi connectivity index (χ0) is 17.7. The van der Waals surface area contributed by atoms with Crippen LogP contribution in [-0.4, -0.2) is 33.2 Å². The minimum Gasteiger partial charge on any atom is -0.496 e. The van der Waals surface area contributed by atoms with Gasteiger partial charge >= 0.3 is 0 Å². The van der Waals surface area contributed by atoms with Gasteiger partial charge in [0.2, 0.25) is 0 Å². The van der Waals surface area contributed by atoms with Crippen molar-refractivity contribution >= 4 is 21.4 Å². The summed E-state index contributed by atoms with van der Waals surface area (Å²) in [4.78, 5) is 2.58. The third-order valence-electron chi connectivity index (χ3n) is 3.84. The molecule has 0 unspecified atom stereocenters. The molecule has 2 aromatic rings. The molecule has 0 amide bonds. The van der Waals surface area contributed by atoms with Crippen molar-refractivity contribution in [3.05, 3.63) is 58.6 Å². The predicted octanol–water partition coefficient (Wildman–Crippen LogP) is 3.77. The predicted molar refractivity (Wildman–Crippen MR) is 97.3 cm³/mol. The molecule has 0 fully saturated rings. The molecule has 0 aromatic heterocycles. The summed E-state index contributed by atoms with van der Waals surface area (Å²) in [6, 6.07) is 12.6. The van der Waals surface area contributed by atoms with Crippen molar-refractivity contribution in [3.8, 4) is 5.75 Å². The smallest absolute Gasteiger partial charge is 0.175 e. The van der Waals surface area contributed by atoms with Crippen LogP contribution in [0.5, 0.6) is 5.75 Å². The molecule has 130 valence electrons. The highest BCUT2D eigenvalue weighted by Gasteiger charge is 2.11. The lowest BCUT2D eigenvalue weighted by atomic mass is 10.1. The van der Waals surface area contributed by atoms with Gasteiger partial charge in [-0.25, -0.2) is 8.42 Å². The van der Waals surface area contributed by atoms with Crippen LogP contribution in [0.1, 0.15) is 18.1 Å². The third-order valence-corrected chi connectivity index (χ3v) is 5.20. The Labute approximate surface area is 148 Å². The number of hydrogen-bond donors (Lipinski definition) is 0. The van der Waals surface area contributed by atoms with Gasteiger partial charge in [-0.2, -0.15) is 0 Å². The maximum atomic E-state index is 11.5. The molecule has 0 N–H and O–H groups in total. The summed E-state index contributed by atoms with van der Waals surface area (Å²) in [5.41, 5.74) is 2.09. The van der Waals surface area contributed by atoms with Crippen LogP contribution in [0.4, 0.5) is 0 Å². The zero-order valence-corrected chi connectivity index (χ0v) is 15.7. The van der Waals surface area contributed by atoms with Crippen molar-refractivity contribution < 1.29 is 13.2 Å². The molecule has 2 aromatic carbocycles.